The maximum Gasteiger partial charge on any atom is 0.319 e. The van der Waals surface area contributed by atoms with Gasteiger partial charge < -0.3 is 14.7 Å². The molecule has 142 valence electrons. The van der Waals surface area contributed by atoms with E-state index in [0.29, 0.717) is 17.4 Å². The van der Waals surface area contributed by atoms with E-state index in [-0.39, 0.29) is 0 Å². The fraction of sp³-hybridized carbons (Fsp3) is 0.682. The minimum absolute atomic E-state index is 0.292. The Bertz CT molecular complexity index is 603. The minimum Gasteiger partial charge on any atom is -0.325 e. The molecule has 0 saturated carbocycles. The van der Waals surface area contributed by atoms with Crippen LogP contribution in [0.3, 0.4) is 0 Å². The fourth-order valence-electron chi connectivity index (χ4n) is 5.33. The number of carbonyl (C=O) groups is 1. The van der Waals surface area contributed by atoms with Gasteiger partial charge in [0.05, 0.1) is 0 Å². The SMILES string of the molecule is CCN1CC(c2ccccc2)CC2(CCN(C(=O)N3CCCC3)CC2)C1. The van der Waals surface area contributed by atoms with Crippen LogP contribution >= 0.6 is 0 Å². The molecule has 4 nitrogen and oxygen atoms in total. The van der Waals surface area contributed by atoms with E-state index in [1.54, 1.807) is 0 Å². The molecule has 2 amide bonds. The number of hydrogen-bond acceptors (Lipinski definition) is 2. The Balaban J connectivity index is 1.43. The Morgan fingerprint density at radius 2 is 1.69 bits per heavy atom. The molecule has 1 atom stereocenters. The molecule has 4 heteroatoms. The van der Waals surface area contributed by atoms with Crippen molar-refractivity contribution >= 4 is 6.03 Å². The van der Waals surface area contributed by atoms with Gasteiger partial charge in [0, 0.05) is 39.3 Å². The molecule has 0 bridgehead atoms. The summed E-state index contributed by atoms with van der Waals surface area (Å²) in [5.41, 5.74) is 1.87. The van der Waals surface area contributed by atoms with Crippen LogP contribution in [0.25, 0.3) is 0 Å². The van der Waals surface area contributed by atoms with Crippen molar-refractivity contribution in [3.8, 4) is 0 Å². The number of urea groups is 1. The molecule has 1 unspecified atom stereocenters. The molecule has 3 aliphatic rings. The summed E-state index contributed by atoms with van der Waals surface area (Å²) in [5.74, 6) is 0.630. The lowest BCUT2D eigenvalue weighted by atomic mass is 9.68. The second-order valence-electron chi connectivity index (χ2n) is 8.60. The summed E-state index contributed by atoms with van der Waals surface area (Å²) >= 11 is 0. The number of likely N-dealkylation sites (tertiary alicyclic amines) is 3. The molecule has 26 heavy (non-hydrogen) atoms. The predicted molar refractivity (Wildman–Crippen MR) is 105 cm³/mol. The quantitative estimate of drug-likeness (QED) is 0.807. The molecule has 0 N–H and O–H groups in total. The van der Waals surface area contributed by atoms with Gasteiger partial charge in [-0.05, 0) is 55.5 Å². The van der Waals surface area contributed by atoms with Gasteiger partial charge in [0.15, 0.2) is 0 Å². The molecule has 0 aromatic heterocycles. The first-order chi connectivity index (χ1) is 12.7. The monoisotopic (exact) mass is 355 g/mol. The molecule has 1 spiro atoms. The van der Waals surface area contributed by atoms with E-state index >= 15 is 0 Å². The van der Waals surface area contributed by atoms with Gasteiger partial charge in [0.25, 0.3) is 0 Å². The molecule has 3 aliphatic heterocycles. The summed E-state index contributed by atoms with van der Waals surface area (Å²) in [6.45, 7) is 9.59. The van der Waals surface area contributed by atoms with Crippen molar-refractivity contribution < 1.29 is 4.79 Å². The van der Waals surface area contributed by atoms with Crippen molar-refractivity contribution in [1.82, 2.24) is 14.7 Å². The van der Waals surface area contributed by atoms with E-state index in [4.69, 9.17) is 0 Å². The average Bonchev–Trinajstić information content (AvgIpc) is 3.23. The van der Waals surface area contributed by atoms with E-state index in [0.717, 1.165) is 45.6 Å². The highest BCUT2D eigenvalue weighted by Crippen LogP contribution is 2.45. The first-order valence-electron chi connectivity index (χ1n) is 10.5. The van der Waals surface area contributed by atoms with Crippen LogP contribution in [0, 0.1) is 5.41 Å². The van der Waals surface area contributed by atoms with Crippen molar-refractivity contribution in [2.24, 2.45) is 5.41 Å². The highest BCUT2D eigenvalue weighted by Gasteiger charge is 2.43. The highest BCUT2D eigenvalue weighted by molar-refractivity contribution is 5.74. The van der Waals surface area contributed by atoms with Crippen LogP contribution in [0.4, 0.5) is 4.79 Å². The van der Waals surface area contributed by atoms with Gasteiger partial charge >= 0.3 is 6.03 Å². The first kappa shape index (κ1) is 17.8. The Labute approximate surface area is 158 Å². The summed E-state index contributed by atoms with van der Waals surface area (Å²) in [7, 11) is 0. The molecule has 1 aromatic rings. The maximum atomic E-state index is 12.7. The number of likely N-dealkylation sites (N-methyl/N-ethyl adjacent to an activating group) is 1. The standard InChI is InChI=1S/C22H33N3O/c1-2-23-17-20(19-8-4-3-5-9-19)16-22(18-23)10-14-25(15-11-22)21(26)24-12-6-7-13-24/h3-5,8-9,20H,2,6-7,10-18H2,1H3. The Morgan fingerprint density at radius 1 is 1.04 bits per heavy atom. The molecular weight excluding hydrogens is 322 g/mol. The second kappa shape index (κ2) is 7.59. The predicted octanol–water partition coefficient (Wildman–Crippen LogP) is 3.79. The molecule has 0 aliphatic carbocycles. The normalized spacial score (nSPS) is 26.4. The molecule has 3 saturated heterocycles. The van der Waals surface area contributed by atoms with Crippen molar-refractivity contribution in [1.29, 1.82) is 0 Å². The zero-order valence-electron chi connectivity index (χ0n) is 16.2. The summed E-state index contributed by atoms with van der Waals surface area (Å²) < 4.78 is 0. The average molecular weight is 356 g/mol. The van der Waals surface area contributed by atoms with E-state index in [1.807, 2.05) is 0 Å². The van der Waals surface area contributed by atoms with Crippen LogP contribution in [0.15, 0.2) is 30.3 Å². The number of hydrogen-bond donors (Lipinski definition) is 0. The number of nitrogens with zero attached hydrogens (tertiary/aromatic N) is 3. The van der Waals surface area contributed by atoms with Crippen molar-refractivity contribution in [2.75, 3.05) is 45.8 Å². The Morgan fingerprint density at radius 3 is 2.35 bits per heavy atom. The number of carbonyl (C=O) groups excluding carboxylic acids is 1. The largest absolute Gasteiger partial charge is 0.325 e. The van der Waals surface area contributed by atoms with Crippen molar-refractivity contribution in [3.05, 3.63) is 35.9 Å². The van der Waals surface area contributed by atoms with Crippen LogP contribution in [-0.2, 0) is 0 Å². The van der Waals surface area contributed by atoms with Crippen LogP contribution < -0.4 is 0 Å². The van der Waals surface area contributed by atoms with E-state index in [1.165, 1.54) is 37.9 Å². The van der Waals surface area contributed by atoms with Gasteiger partial charge in [0.2, 0.25) is 0 Å². The molecule has 4 rings (SSSR count). The van der Waals surface area contributed by atoms with E-state index in [9.17, 15) is 4.79 Å². The van der Waals surface area contributed by atoms with Gasteiger partial charge in [-0.1, -0.05) is 37.3 Å². The van der Waals surface area contributed by atoms with Gasteiger partial charge in [-0.15, -0.1) is 0 Å². The highest BCUT2D eigenvalue weighted by atomic mass is 16.2. The van der Waals surface area contributed by atoms with E-state index < -0.39 is 0 Å². The summed E-state index contributed by atoms with van der Waals surface area (Å²) in [5, 5.41) is 0. The summed E-state index contributed by atoms with van der Waals surface area (Å²) in [4.78, 5) is 19.5. The topological polar surface area (TPSA) is 26.8 Å². The Hall–Kier alpha value is -1.55. The van der Waals surface area contributed by atoms with Crippen LogP contribution in [0.2, 0.25) is 0 Å². The van der Waals surface area contributed by atoms with Gasteiger partial charge in [-0.2, -0.15) is 0 Å². The number of benzene rings is 1. The number of rotatable bonds is 2. The molecule has 1 aromatic carbocycles. The lowest BCUT2D eigenvalue weighted by Gasteiger charge is -2.50. The zero-order valence-corrected chi connectivity index (χ0v) is 16.2. The third kappa shape index (κ3) is 3.62. The molecular formula is C22H33N3O. The summed E-state index contributed by atoms with van der Waals surface area (Å²) in [6.07, 6.45) is 5.94. The third-order valence-electron chi connectivity index (χ3n) is 6.91. The zero-order chi connectivity index (χ0) is 18.0. The lowest BCUT2D eigenvalue weighted by Crippen LogP contribution is -2.54. The van der Waals surface area contributed by atoms with E-state index in [2.05, 4.69) is 52.0 Å². The van der Waals surface area contributed by atoms with Crippen molar-refractivity contribution in [3.63, 3.8) is 0 Å². The van der Waals surface area contributed by atoms with Crippen LogP contribution in [0.1, 0.15) is 50.5 Å². The minimum atomic E-state index is 0.292. The smallest absolute Gasteiger partial charge is 0.319 e. The number of amides is 2. The Kier molecular flexibility index (Phi) is 5.21. The van der Waals surface area contributed by atoms with Crippen LogP contribution in [0.5, 0.6) is 0 Å². The molecule has 0 radical (unpaired) electrons. The van der Waals surface area contributed by atoms with Crippen LogP contribution in [-0.4, -0.2) is 66.5 Å². The molecule has 3 fully saturated rings. The van der Waals surface area contributed by atoms with Gasteiger partial charge in [0.1, 0.15) is 0 Å². The third-order valence-corrected chi connectivity index (χ3v) is 6.91. The number of piperidine rings is 2. The fourth-order valence-corrected chi connectivity index (χ4v) is 5.33. The second-order valence-corrected chi connectivity index (χ2v) is 8.60. The lowest BCUT2D eigenvalue weighted by molar-refractivity contribution is 0.0215. The molecule has 3 heterocycles. The van der Waals surface area contributed by atoms with Crippen molar-refractivity contribution in [2.45, 2.75) is 44.9 Å². The first-order valence-corrected chi connectivity index (χ1v) is 10.5. The van der Waals surface area contributed by atoms with Gasteiger partial charge in [-0.25, -0.2) is 4.79 Å². The van der Waals surface area contributed by atoms with Gasteiger partial charge in [-0.3, -0.25) is 0 Å². The summed E-state index contributed by atoms with van der Waals surface area (Å²) in [6, 6.07) is 11.3. The maximum absolute atomic E-state index is 12.7.